The Balaban J connectivity index is 1.44. The van der Waals surface area contributed by atoms with Crippen molar-refractivity contribution in [1.29, 1.82) is 5.26 Å². The lowest BCUT2D eigenvalue weighted by Crippen LogP contribution is -2.30. The number of rotatable bonds is 5. The Hall–Kier alpha value is -3.25. The van der Waals surface area contributed by atoms with Gasteiger partial charge in [0.15, 0.2) is 0 Å². The van der Waals surface area contributed by atoms with Crippen LogP contribution in [0.25, 0.3) is 5.69 Å². The van der Waals surface area contributed by atoms with Crippen LogP contribution in [0.15, 0.2) is 36.8 Å². The molecular formula is C17H18N8O. The van der Waals surface area contributed by atoms with Crippen LogP contribution in [-0.4, -0.2) is 43.1 Å². The first-order valence-electron chi connectivity index (χ1n) is 8.48. The van der Waals surface area contributed by atoms with Gasteiger partial charge in [0.25, 0.3) is 0 Å². The van der Waals surface area contributed by atoms with Gasteiger partial charge in [0, 0.05) is 5.56 Å². The number of nitrogens with zero attached hydrogens (tertiary/aromatic N) is 7. The van der Waals surface area contributed by atoms with E-state index in [9.17, 15) is 5.26 Å². The highest BCUT2D eigenvalue weighted by Crippen LogP contribution is 2.23. The van der Waals surface area contributed by atoms with Gasteiger partial charge < -0.3 is 10.1 Å². The Labute approximate surface area is 150 Å². The lowest BCUT2D eigenvalue weighted by molar-refractivity contribution is 0.304. The topological polar surface area (TPSA) is 106 Å². The molecule has 3 heterocycles. The summed E-state index contributed by atoms with van der Waals surface area (Å²) in [6.45, 7) is 2.21. The molecule has 4 rings (SSSR count). The Kier molecular flexibility index (Phi) is 4.57. The van der Waals surface area contributed by atoms with E-state index in [2.05, 4.69) is 32.0 Å². The van der Waals surface area contributed by atoms with Crippen LogP contribution in [0.3, 0.4) is 0 Å². The molecule has 9 nitrogen and oxygen atoms in total. The van der Waals surface area contributed by atoms with E-state index in [0.29, 0.717) is 18.1 Å². The monoisotopic (exact) mass is 350 g/mol. The molecule has 9 heteroatoms. The zero-order valence-corrected chi connectivity index (χ0v) is 14.1. The average molecular weight is 350 g/mol. The molecule has 1 aliphatic heterocycles. The second-order valence-corrected chi connectivity index (χ2v) is 6.09. The van der Waals surface area contributed by atoms with E-state index < -0.39 is 0 Å². The second kappa shape index (κ2) is 7.33. The van der Waals surface area contributed by atoms with Gasteiger partial charge in [0.2, 0.25) is 0 Å². The average Bonchev–Trinajstić information content (AvgIpc) is 3.37. The number of benzene rings is 1. The summed E-state index contributed by atoms with van der Waals surface area (Å²) in [4.78, 5) is 0. The standard InChI is InChI=1S/C17H18N8O/c18-9-17-13(10-21-25(17)15-5-7-19-8-6-15)11-26-16-3-1-14(2-4-16)24-12-20-22-23-24/h1-4,10,12,15,19H,5-8,11H2. The third-order valence-electron chi connectivity index (χ3n) is 4.48. The molecule has 0 unspecified atom stereocenters. The lowest BCUT2D eigenvalue weighted by atomic mass is 10.1. The summed E-state index contributed by atoms with van der Waals surface area (Å²) in [5.74, 6) is 0.709. The maximum absolute atomic E-state index is 9.55. The molecule has 1 N–H and O–H groups in total. The lowest BCUT2D eigenvalue weighted by Gasteiger charge is -2.23. The number of ether oxygens (including phenoxy) is 1. The van der Waals surface area contributed by atoms with Gasteiger partial charge in [-0.15, -0.1) is 5.10 Å². The van der Waals surface area contributed by atoms with E-state index in [-0.39, 0.29) is 6.04 Å². The van der Waals surface area contributed by atoms with Crippen LogP contribution in [0.2, 0.25) is 0 Å². The van der Waals surface area contributed by atoms with Crippen LogP contribution in [0, 0.1) is 11.3 Å². The molecular weight excluding hydrogens is 332 g/mol. The predicted molar refractivity (Wildman–Crippen MR) is 91.6 cm³/mol. The molecule has 0 bridgehead atoms. The molecule has 0 atom stereocenters. The number of nitriles is 1. The molecule has 0 saturated carbocycles. The molecule has 0 amide bonds. The van der Waals surface area contributed by atoms with Crippen molar-refractivity contribution < 1.29 is 4.74 Å². The van der Waals surface area contributed by atoms with Gasteiger partial charge in [0.05, 0.1) is 17.9 Å². The number of piperidine rings is 1. The number of tetrazole rings is 1. The number of nitrogens with one attached hydrogen (secondary N) is 1. The molecule has 2 aromatic heterocycles. The number of hydrogen-bond acceptors (Lipinski definition) is 7. The van der Waals surface area contributed by atoms with Crippen molar-refractivity contribution >= 4 is 0 Å². The van der Waals surface area contributed by atoms with Crippen LogP contribution in [0.5, 0.6) is 5.75 Å². The smallest absolute Gasteiger partial charge is 0.145 e. The van der Waals surface area contributed by atoms with Crippen LogP contribution < -0.4 is 10.1 Å². The second-order valence-electron chi connectivity index (χ2n) is 6.09. The Morgan fingerprint density at radius 1 is 1.23 bits per heavy atom. The highest BCUT2D eigenvalue weighted by molar-refractivity contribution is 5.36. The summed E-state index contributed by atoms with van der Waals surface area (Å²) >= 11 is 0. The fourth-order valence-electron chi connectivity index (χ4n) is 3.09. The van der Waals surface area contributed by atoms with Crippen LogP contribution in [0.4, 0.5) is 0 Å². The van der Waals surface area contributed by atoms with E-state index >= 15 is 0 Å². The van der Waals surface area contributed by atoms with Crippen LogP contribution in [-0.2, 0) is 6.61 Å². The van der Waals surface area contributed by atoms with E-state index in [1.807, 2.05) is 28.9 Å². The van der Waals surface area contributed by atoms with Crippen molar-refractivity contribution in [2.45, 2.75) is 25.5 Å². The molecule has 1 aromatic carbocycles. The summed E-state index contributed by atoms with van der Waals surface area (Å²) in [5, 5.41) is 28.4. The molecule has 0 radical (unpaired) electrons. The fraction of sp³-hybridized carbons (Fsp3) is 0.353. The molecule has 0 aliphatic carbocycles. The summed E-state index contributed by atoms with van der Waals surface area (Å²) < 4.78 is 9.25. The number of hydrogen-bond donors (Lipinski definition) is 1. The first-order chi connectivity index (χ1) is 12.8. The predicted octanol–water partition coefficient (Wildman–Crippen LogP) is 1.23. The maximum Gasteiger partial charge on any atom is 0.145 e. The first kappa shape index (κ1) is 16.2. The minimum Gasteiger partial charge on any atom is -0.489 e. The SMILES string of the molecule is N#Cc1c(COc2ccc(-n3cnnn3)cc2)cnn1C1CCNCC1. The minimum absolute atomic E-state index is 0.273. The van der Waals surface area contributed by atoms with Crippen molar-refractivity contribution in [2.75, 3.05) is 13.1 Å². The highest BCUT2D eigenvalue weighted by Gasteiger charge is 2.21. The summed E-state index contributed by atoms with van der Waals surface area (Å²) in [6, 6.07) is 9.99. The molecule has 1 fully saturated rings. The van der Waals surface area contributed by atoms with Crippen molar-refractivity contribution in [3.63, 3.8) is 0 Å². The molecule has 1 aliphatic rings. The summed E-state index contributed by atoms with van der Waals surface area (Å²) in [7, 11) is 0. The van der Waals surface area contributed by atoms with E-state index in [4.69, 9.17) is 4.74 Å². The molecule has 26 heavy (non-hydrogen) atoms. The summed E-state index contributed by atoms with van der Waals surface area (Å²) in [5.41, 5.74) is 2.23. The summed E-state index contributed by atoms with van der Waals surface area (Å²) in [6.07, 6.45) is 5.23. The van der Waals surface area contributed by atoms with E-state index in [1.165, 1.54) is 6.33 Å². The van der Waals surface area contributed by atoms with Crippen molar-refractivity contribution in [1.82, 2.24) is 35.3 Å². The fourth-order valence-corrected chi connectivity index (χ4v) is 3.09. The van der Waals surface area contributed by atoms with Gasteiger partial charge in [-0.2, -0.15) is 10.4 Å². The van der Waals surface area contributed by atoms with Gasteiger partial charge >= 0.3 is 0 Å². The Bertz CT molecular complexity index is 888. The van der Waals surface area contributed by atoms with Crippen LogP contribution in [0.1, 0.15) is 30.1 Å². The zero-order chi connectivity index (χ0) is 17.8. The Morgan fingerprint density at radius 3 is 2.73 bits per heavy atom. The molecule has 1 saturated heterocycles. The van der Waals surface area contributed by atoms with Crippen molar-refractivity contribution in [3.8, 4) is 17.5 Å². The zero-order valence-electron chi connectivity index (χ0n) is 14.1. The molecule has 0 spiro atoms. The van der Waals surface area contributed by atoms with E-state index in [0.717, 1.165) is 37.2 Å². The van der Waals surface area contributed by atoms with Gasteiger partial charge in [0.1, 0.15) is 30.4 Å². The third kappa shape index (κ3) is 3.27. The third-order valence-corrected chi connectivity index (χ3v) is 4.48. The van der Waals surface area contributed by atoms with Crippen LogP contribution >= 0.6 is 0 Å². The highest BCUT2D eigenvalue weighted by atomic mass is 16.5. The van der Waals surface area contributed by atoms with Crippen molar-refractivity contribution in [2.24, 2.45) is 0 Å². The van der Waals surface area contributed by atoms with Gasteiger partial charge in [-0.25, -0.2) is 4.68 Å². The van der Waals surface area contributed by atoms with Crippen molar-refractivity contribution in [3.05, 3.63) is 48.0 Å². The molecule has 3 aromatic rings. The van der Waals surface area contributed by atoms with Gasteiger partial charge in [-0.1, -0.05) is 0 Å². The minimum atomic E-state index is 0.273. The van der Waals surface area contributed by atoms with E-state index in [1.54, 1.807) is 10.9 Å². The largest absolute Gasteiger partial charge is 0.489 e. The van der Waals surface area contributed by atoms with Gasteiger partial charge in [-0.05, 0) is 60.6 Å². The maximum atomic E-state index is 9.55. The normalized spacial score (nSPS) is 14.9. The molecule has 132 valence electrons. The van der Waals surface area contributed by atoms with Gasteiger partial charge in [-0.3, -0.25) is 4.68 Å². The quantitative estimate of drug-likeness (QED) is 0.737. The Morgan fingerprint density at radius 2 is 2.04 bits per heavy atom. The number of aromatic nitrogens is 6. The first-order valence-corrected chi connectivity index (χ1v) is 8.48.